The molecule has 0 amide bonds. The summed E-state index contributed by atoms with van der Waals surface area (Å²) in [5.41, 5.74) is 0.879. The molecule has 2 rings (SSSR count). The number of hydrogen-bond acceptors (Lipinski definition) is 5. The second-order valence-electron chi connectivity index (χ2n) is 5.16. The molecule has 0 fully saturated rings. The summed E-state index contributed by atoms with van der Waals surface area (Å²) in [6.07, 6.45) is 4.28. The molecule has 1 heterocycles. The minimum absolute atomic E-state index is 0.0278. The molecule has 7 nitrogen and oxygen atoms in total. The topological polar surface area (TPSA) is 94.3 Å². The van der Waals surface area contributed by atoms with E-state index < -0.39 is 5.97 Å². The Labute approximate surface area is 133 Å². The molecule has 0 bridgehead atoms. The first-order valence-electron chi connectivity index (χ1n) is 6.99. The van der Waals surface area contributed by atoms with Crippen molar-refractivity contribution in [2.45, 2.75) is 20.0 Å². The smallest absolute Gasteiger partial charge is 0.335 e. The molecule has 2 aromatic rings. The highest BCUT2D eigenvalue weighted by Gasteiger charge is 2.15. The predicted molar refractivity (Wildman–Crippen MR) is 83.5 cm³/mol. The Kier molecular flexibility index (Phi) is 4.90. The molecule has 0 radical (unpaired) electrons. The van der Waals surface area contributed by atoms with Crippen LogP contribution in [0.4, 0.5) is 0 Å². The van der Waals surface area contributed by atoms with Crippen LogP contribution in [0.1, 0.15) is 40.3 Å². The number of carboxylic acids is 1. The highest BCUT2D eigenvalue weighted by atomic mass is 16.5. The van der Waals surface area contributed by atoms with Crippen molar-refractivity contribution in [2.75, 3.05) is 0 Å². The first-order chi connectivity index (χ1) is 10.9. The zero-order valence-corrected chi connectivity index (χ0v) is 13.1. The molecule has 0 aliphatic rings. The maximum Gasteiger partial charge on any atom is 0.335 e. The van der Waals surface area contributed by atoms with Crippen LogP contribution < -0.4 is 4.74 Å². The van der Waals surface area contributed by atoms with Gasteiger partial charge >= 0.3 is 5.97 Å². The number of aromatic nitrogens is 3. The van der Waals surface area contributed by atoms with Crippen LogP contribution in [-0.2, 0) is 7.05 Å². The molecule has 7 heteroatoms. The summed E-state index contributed by atoms with van der Waals surface area (Å²) in [6, 6.07) is 4.22. The highest BCUT2D eigenvalue weighted by Crippen LogP contribution is 2.23. The molecule has 0 spiro atoms. The van der Waals surface area contributed by atoms with Crippen molar-refractivity contribution in [2.24, 2.45) is 7.05 Å². The first-order valence-corrected chi connectivity index (χ1v) is 6.99. The summed E-state index contributed by atoms with van der Waals surface area (Å²) in [7, 11) is 1.70. The van der Waals surface area contributed by atoms with Gasteiger partial charge in [-0.15, -0.1) is 5.10 Å². The van der Waals surface area contributed by atoms with Crippen molar-refractivity contribution < 1.29 is 19.4 Å². The molecule has 1 aromatic carbocycles. The lowest BCUT2D eigenvalue weighted by Gasteiger charge is -2.13. The third kappa shape index (κ3) is 4.03. The molecule has 1 N–H and O–H groups in total. The number of allylic oxidation sites excluding steroid dienone is 1. The zero-order chi connectivity index (χ0) is 17.0. The van der Waals surface area contributed by atoms with Crippen LogP contribution in [0.15, 0.2) is 30.5 Å². The van der Waals surface area contributed by atoms with Crippen molar-refractivity contribution in [1.82, 2.24) is 15.0 Å². The fourth-order valence-electron chi connectivity index (χ4n) is 1.91. The van der Waals surface area contributed by atoms with Crippen molar-refractivity contribution >= 4 is 17.8 Å². The lowest BCUT2D eigenvalue weighted by Crippen LogP contribution is -2.10. The number of hydrogen-bond donors (Lipinski definition) is 1. The molecule has 23 heavy (non-hydrogen) atoms. The molecule has 0 atom stereocenters. The third-order valence-electron chi connectivity index (χ3n) is 3.01. The number of carbonyl (C=O) groups excluding carboxylic acids is 1. The average molecular weight is 315 g/mol. The van der Waals surface area contributed by atoms with Gasteiger partial charge in [0.25, 0.3) is 0 Å². The summed E-state index contributed by atoms with van der Waals surface area (Å²) in [4.78, 5) is 23.5. The van der Waals surface area contributed by atoms with Crippen LogP contribution in [0.2, 0.25) is 0 Å². The van der Waals surface area contributed by atoms with Crippen molar-refractivity contribution in [3.8, 4) is 5.75 Å². The molecule has 0 aliphatic heterocycles. The van der Waals surface area contributed by atoms with Crippen molar-refractivity contribution in [1.29, 1.82) is 0 Å². The summed E-state index contributed by atoms with van der Waals surface area (Å²) in [5.74, 6) is -1.11. The van der Waals surface area contributed by atoms with Crippen molar-refractivity contribution in [3.63, 3.8) is 0 Å². The molecular weight excluding hydrogens is 298 g/mol. The lowest BCUT2D eigenvalue weighted by molar-refractivity contribution is 0.0697. The van der Waals surface area contributed by atoms with Crippen LogP contribution in [0.5, 0.6) is 5.75 Å². The van der Waals surface area contributed by atoms with E-state index >= 15 is 0 Å². The Balaban J connectivity index is 2.36. The number of carbonyl (C=O) groups is 2. The Morgan fingerprint density at radius 3 is 2.65 bits per heavy atom. The quantitative estimate of drug-likeness (QED) is 0.648. The predicted octanol–water partition coefficient (Wildman–Crippen LogP) is 2.20. The van der Waals surface area contributed by atoms with Crippen LogP contribution in [0.25, 0.3) is 6.08 Å². The zero-order valence-electron chi connectivity index (χ0n) is 13.1. The second kappa shape index (κ2) is 6.87. The maximum atomic E-state index is 12.4. The second-order valence-corrected chi connectivity index (χ2v) is 5.16. The number of ether oxygens (including phenoxy) is 1. The number of benzene rings is 1. The van der Waals surface area contributed by atoms with E-state index in [2.05, 4.69) is 10.3 Å². The largest absolute Gasteiger partial charge is 0.490 e. The van der Waals surface area contributed by atoms with Gasteiger partial charge in [0.15, 0.2) is 5.78 Å². The van der Waals surface area contributed by atoms with Gasteiger partial charge in [0.1, 0.15) is 5.75 Å². The normalized spacial score (nSPS) is 11.1. The summed E-state index contributed by atoms with van der Waals surface area (Å²) in [6.45, 7) is 3.66. The number of rotatable bonds is 6. The fourth-order valence-corrected chi connectivity index (χ4v) is 1.91. The van der Waals surface area contributed by atoms with Crippen LogP contribution in [0.3, 0.4) is 0 Å². The molecule has 0 saturated heterocycles. The van der Waals surface area contributed by atoms with E-state index in [9.17, 15) is 9.59 Å². The van der Waals surface area contributed by atoms with Crippen LogP contribution in [-0.4, -0.2) is 38.0 Å². The van der Waals surface area contributed by atoms with E-state index in [0.29, 0.717) is 11.4 Å². The number of aryl methyl sites for hydroxylation is 1. The maximum absolute atomic E-state index is 12.4. The fraction of sp³-hybridized carbons (Fsp3) is 0.250. The van der Waals surface area contributed by atoms with E-state index in [-0.39, 0.29) is 23.0 Å². The highest BCUT2D eigenvalue weighted by molar-refractivity contribution is 6.09. The number of carboxylic acid groups (broad SMARTS) is 1. The van der Waals surface area contributed by atoms with Gasteiger partial charge in [0.2, 0.25) is 0 Å². The van der Waals surface area contributed by atoms with Gasteiger partial charge in [0, 0.05) is 7.05 Å². The molecular formula is C16H17N3O4. The van der Waals surface area contributed by atoms with Crippen LogP contribution in [0, 0.1) is 0 Å². The Hall–Kier alpha value is -2.96. The van der Waals surface area contributed by atoms with Gasteiger partial charge in [-0.05, 0) is 44.2 Å². The minimum atomic E-state index is -1.10. The summed E-state index contributed by atoms with van der Waals surface area (Å²) >= 11 is 0. The SMILES string of the molecule is CC(C)Oc1ccc(C(=O)O)cc1C(=O)C=Cc1cnnn1C. The molecule has 0 unspecified atom stereocenters. The van der Waals surface area contributed by atoms with Crippen LogP contribution >= 0.6 is 0 Å². The summed E-state index contributed by atoms with van der Waals surface area (Å²) < 4.78 is 7.10. The standard InChI is InChI=1S/C16H17N3O4/c1-10(2)23-15-7-4-11(16(21)22)8-13(15)14(20)6-5-12-9-17-18-19(12)3/h4-10H,1-3H3,(H,21,22). The molecule has 0 aliphatic carbocycles. The van der Waals surface area contributed by atoms with Gasteiger partial charge in [-0.1, -0.05) is 5.21 Å². The van der Waals surface area contributed by atoms with E-state index in [0.717, 1.165) is 0 Å². The monoisotopic (exact) mass is 315 g/mol. The van der Waals surface area contributed by atoms with Crippen molar-refractivity contribution in [3.05, 3.63) is 47.3 Å². The summed E-state index contributed by atoms with van der Waals surface area (Å²) in [5, 5.41) is 16.6. The van der Waals surface area contributed by atoms with Gasteiger partial charge in [0.05, 0.1) is 29.1 Å². The van der Waals surface area contributed by atoms with E-state index in [1.54, 1.807) is 13.1 Å². The van der Waals surface area contributed by atoms with E-state index in [1.807, 2.05) is 13.8 Å². The van der Waals surface area contributed by atoms with E-state index in [1.165, 1.54) is 35.2 Å². The number of ketones is 1. The third-order valence-corrected chi connectivity index (χ3v) is 3.01. The molecule has 0 saturated carbocycles. The van der Waals surface area contributed by atoms with Gasteiger partial charge in [-0.2, -0.15) is 0 Å². The molecule has 1 aromatic heterocycles. The van der Waals surface area contributed by atoms with Gasteiger partial charge < -0.3 is 9.84 Å². The van der Waals surface area contributed by atoms with Gasteiger partial charge in [-0.3, -0.25) is 4.79 Å². The number of aromatic carboxylic acids is 1. The first kappa shape index (κ1) is 16.4. The Morgan fingerprint density at radius 1 is 1.35 bits per heavy atom. The lowest BCUT2D eigenvalue weighted by atomic mass is 10.0. The van der Waals surface area contributed by atoms with E-state index in [4.69, 9.17) is 9.84 Å². The Morgan fingerprint density at radius 2 is 2.09 bits per heavy atom. The average Bonchev–Trinajstić information content (AvgIpc) is 2.89. The van der Waals surface area contributed by atoms with Gasteiger partial charge in [-0.25, -0.2) is 9.48 Å². The molecule has 120 valence electrons. The minimum Gasteiger partial charge on any atom is -0.490 e. The Bertz CT molecular complexity index is 762. The number of nitrogens with zero attached hydrogens (tertiary/aromatic N) is 3.